The minimum Gasteiger partial charge on any atom is -0.397 e. The van der Waals surface area contributed by atoms with Crippen LogP contribution in [0.3, 0.4) is 0 Å². The van der Waals surface area contributed by atoms with Gasteiger partial charge < -0.3 is 30.0 Å². The lowest BCUT2D eigenvalue weighted by molar-refractivity contribution is 0.0963. The normalized spacial score (nSPS) is 17.6. The van der Waals surface area contributed by atoms with Gasteiger partial charge in [-0.1, -0.05) is 13.8 Å². The van der Waals surface area contributed by atoms with Crippen LogP contribution in [0.2, 0.25) is 0 Å². The number of carbonyl (C=O) groups is 2. The number of hydrogen-bond acceptors (Lipinski definition) is 9. The van der Waals surface area contributed by atoms with E-state index in [9.17, 15) is 14.4 Å². The average Bonchev–Trinajstić information content (AvgIpc) is 3.52. The lowest BCUT2D eigenvalue weighted by Crippen LogP contribution is -2.44. The quantitative estimate of drug-likeness (QED) is 0.246. The number of aromatic nitrogens is 4. The molecule has 0 bridgehead atoms. The molecule has 3 aromatic heterocycles. The Labute approximate surface area is 267 Å². The first kappa shape index (κ1) is 29.7. The van der Waals surface area contributed by atoms with E-state index in [1.165, 1.54) is 15.8 Å². The zero-order valence-corrected chi connectivity index (χ0v) is 26.7. The van der Waals surface area contributed by atoms with E-state index in [0.29, 0.717) is 47.7 Å². The number of piperazine rings is 1. The van der Waals surface area contributed by atoms with Crippen molar-refractivity contribution in [3.8, 4) is 11.3 Å². The molecular formula is C34H39N9O3. The first-order chi connectivity index (χ1) is 22.0. The number of nitrogens with zero attached hydrogens (tertiary/aromatic N) is 7. The van der Waals surface area contributed by atoms with Crippen LogP contribution in [0.1, 0.15) is 46.0 Å². The second kappa shape index (κ2) is 11.1. The summed E-state index contributed by atoms with van der Waals surface area (Å²) in [5.74, 6) is 0.189. The number of benzene rings is 1. The molecule has 1 amide bonds. The van der Waals surface area contributed by atoms with E-state index in [-0.39, 0.29) is 34.1 Å². The Kier molecular flexibility index (Phi) is 7.19. The van der Waals surface area contributed by atoms with Crippen LogP contribution >= 0.6 is 0 Å². The number of nitrogens with two attached hydrogens (primary N) is 1. The monoisotopic (exact) mass is 621 g/mol. The molecule has 5 heterocycles. The SMILES string of the molecule is CN1CCN(c2ccc(Nc3nc(-c4ccnc(N5CCn6c(cc7c6CC(C)(C)C7)C5=O)c4C=O)cn(C)c3=O)cc2N)CC1. The fourth-order valence-corrected chi connectivity index (χ4v) is 7.05. The first-order valence-electron chi connectivity index (χ1n) is 15.7. The highest BCUT2D eigenvalue weighted by molar-refractivity contribution is 6.08. The number of likely N-dealkylation sites (N-methyl/N-ethyl adjacent to an activating group) is 1. The number of carbonyl (C=O) groups excluding carboxylic acids is 2. The molecule has 1 fully saturated rings. The molecule has 3 aliphatic rings. The number of pyridine rings is 1. The van der Waals surface area contributed by atoms with Crippen molar-refractivity contribution in [3.63, 3.8) is 0 Å². The number of fused-ring (bicyclic) bond motifs is 3. The Morgan fingerprint density at radius 3 is 2.50 bits per heavy atom. The topological polar surface area (TPSA) is 135 Å². The molecule has 0 unspecified atom stereocenters. The van der Waals surface area contributed by atoms with Crippen LogP contribution in [-0.4, -0.2) is 76.0 Å². The number of aryl methyl sites for hydroxylation is 1. The zero-order valence-electron chi connectivity index (χ0n) is 26.7. The van der Waals surface area contributed by atoms with E-state index >= 15 is 0 Å². The van der Waals surface area contributed by atoms with Gasteiger partial charge in [-0.05, 0) is 61.2 Å². The van der Waals surface area contributed by atoms with Crippen molar-refractivity contribution in [3.05, 3.63) is 75.6 Å². The minimum atomic E-state index is -0.337. The van der Waals surface area contributed by atoms with Gasteiger partial charge in [0.25, 0.3) is 11.5 Å². The van der Waals surface area contributed by atoms with Crippen LogP contribution in [0.4, 0.5) is 28.7 Å². The fourth-order valence-electron chi connectivity index (χ4n) is 7.05. The van der Waals surface area contributed by atoms with Crippen LogP contribution in [0.25, 0.3) is 11.3 Å². The molecule has 46 heavy (non-hydrogen) atoms. The molecular weight excluding hydrogens is 582 g/mol. The molecule has 0 radical (unpaired) electrons. The maximum atomic E-state index is 13.8. The predicted octanol–water partition coefficient (Wildman–Crippen LogP) is 3.32. The summed E-state index contributed by atoms with van der Waals surface area (Å²) in [6, 6.07) is 9.32. The zero-order chi connectivity index (χ0) is 32.3. The van der Waals surface area contributed by atoms with Crippen LogP contribution in [0, 0.1) is 5.41 Å². The molecule has 1 aromatic carbocycles. The Morgan fingerprint density at radius 2 is 1.76 bits per heavy atom. The summed E-state index contributed by atoms with van der Waals surface area (Å²) in [6.07, 6.45) is 5.73. The van der Waals surface area contributed by atoms with Crippen LogP contribution in [0.5, 0.6) is 0 Å². The Morgan fingerprint density at radius 1 is 0.978 bits per heavy atom. The van der Waals surface area contributed by atoms with Crippen molar-refractivity contribution >= 4 is 40.9 Å². The molecule has 1 aliphatic carbocycles. The molecule has 0 atom stereocenters. The predicted molar refractivity (Wildman–Crippen MR) is 179 cm³/mol. The van der Waals surface area contributed by atoms with E-state index in [2.05, 4.69) is 50.5 Å². The van der Waals surface area contributed by atoms with Gasteiger partial charge in [0.1, 0.15) is 11.5 Å². The number of hydrogen-bond donors (Lipinski definition) is 2. The lowest BCUT2D eigenvalue weighted by atomic mass is 9.90. The molecule has 2 aliphatic heterocycles. The number of aldehydes is 1. The van der Waals surface area contributed by atoms with Crippen molar-refractivity contribution in [2.45, 2.75) is 33.2 Å². The van der Waals surface area contributed by atoms with Gasteiger partial charge in [-0.2, -0.15) is 0 Å². The highest BCUT2D eigenvalue weighted by Gasteiger charge is 2.37. The van der Waals surface area contributed by atoms with Gasteiger partial charge in [-0.3, -0.25) is 19.3 Å². The van der Waals surface area contributed by atoms with Crippen molar-refractivity contribution in [1.29, 1.82) is 0 Å². The fraction of sp³-hybridized carbons (Fsp3) is 0.382. The van der Waals surface area contributed by atoms with Gasteiger partial charge in [-0.15, -0.1) is 0 Å². The highest BCUT2D eigenvalue weighted by atomic mass is 16.2. The Hall–Kier alpha value is -4.97. The van der Waals surface area contributed by atoms with E-state index in [1.807, 2.05) is 18.2 Å². The highest BCUT2D eigenvalue weighted by Crippen LogP contribution is 2.40. The summed E-state index contributed by atoms with van der Waals surface area (Å²) in [6.45, 7) is 9.22. The van der Waals surface area contributed by atoms with Crippen LogP contribution in [-0.2, 0) is 26.4 Å². The number of nitrogen functional groups attached to an aromatic ring is 1. The summed E-state index contributed by atoms with van der Waals surface area (Å²) in [5, 5.41) is 3.14. The molecule has 7 rings (SSSR count). The maximum Gasteiger partial charge on any atom is 0.293 e. The summed E-state index contributed by atoms with van der Waals surface area (Å²) in [5.41, 5.74) is 12.7. The smallest absolute Gasteiger partial charge is 0.293 e. The molecule has 3 N–H and O–H groups in total. The number of nitrogens with one attached hydrogen (secondary N) is 1. The summed E-state index contributed by atoms with van der Waals surface area (Å²) in [7, 11) is 3.74. The van der Waals surface area contributed by atoms with E-state index in [4.69, 9.17) is 5.73 Å². The molecule has 1 saturated heterocycles. The molecule has 0 spiro atoms. The third-order valence-corrected chi connectivity index (χ3v) is 9.45. The van der Waals surface area contributed by atoms with Gasteiger partial charge in [0.15, 0.2) is 12.1 Å². The van der Waals surface area contributed by atoms with Crippen molar-refractivity contribution < 1.29 is 9.59 Å². The summed E-state index contributed by atoms with van der Waals surface area (Å²) >= 11 is 0. The second-order valence-corrected chi connectivity index (χ2v) is 13.4. The van der Waals surface area contributed by atoms with Crippen molar-refractivity contribution in [2.24, 2.45) is 12.5 Å². The van der Waals surface area contributed by atoms with Gasteiger partial charge in [0, 0.05) is 75.7 Å². The largest absolute Gasteiger partial charge is 0.397 e. The lowest BCUT2D eigenvalue weighted by Gasteiger charge is -2.34. The Bertz CT molecular complexity index is 1930. The van der Waals surface area contributed by atoms with E-state index in [1.54, 1.807) is 36.5 Å². The number of amides is 1. The molecule has 12 nitrogen and oxygen atoms in total. The summed E-state index contributed by atoms with van der Waals surface area (Å²) in [4.78, 5) is 54.9. The number of anilines is 5. The van der Waals surface area contributed by atoms with Gasteiger partial charge >= 0.3 is 0 Å². The van der Waals surface area contributed by atoms with Crippen LogP contribution in [0.15, 0.2) is 47.5 Å². The minimum absolute atomic E-state index is 0.0891. The molecule has 0 saturated carbocycles. The molecule has 12 heteroatoms. The average molecular weight is 622 g/mol. The van der Waals surface area contributed by atoms with E-state index < -0.39 is 0 Å². The number of rotatable bonds is 6. The van der Waals surface area contributed by atoms with Gasteiger partial charge in [0.2, 0.25) is 0 Å². The van der Waals surface area contributed by atoms with Crippen molar-refractivity contribution in [2.75, 3.05) is 60.6 Å². The summed E-state index contributed by atoms with van der Waals surface area (Å²) < 4.78 is 3.55. The Balaban J connectivity index is 1.19. The van der Waals surface area contributed by atoms with Crippen molar-refractivity contribution in [1.82, 2.24) is 24.0 Å². The molecule has 238 valence electrons. The first-order valence-corrected chi connectivity index (χ1v) is 15.7. The van der Waals surface area contributed by atoms with Crippen LogP contribution < -0.4 is 26.4 Å². The molecule has 4 aromatic rings. The van der Waals surface area contributed by atoms with E-state index in [0.717, 1.165) is 44.7 Å². The van der Waals surface area contributed by atoms with Gasteiger partial charge in [0.05, 0.1) is 22.6 Å². The third kappa shape index (κ3) is 5.12. The second-order valence-electron chi connectivity index (χ2n) is 13.4. The third-order valence-electron chi connectivity index (χ3n) is 9.45. The maximum absolute atomic E-state index is 13.8. The standard InChI is InChI=1S/C34H39N9O3/c1-34(2)17-21-15-28-32(45)43(14-13-42(28)29(21)18-34)31-24(20-44)23(7-8-36-31)26-19-40(4)33(46)30(38-26)37-22-5-6-27(25(35)16-22)41-11-9-39(3)10-12-41/h5-8,15-16,19-20H,9-14,17-18,35H2,1-4H3,(H,37,38). The van der Waals surface area contributed by atoms with Gasteiger partial charge in [-0.25, -0.2) is 9.97 Å².